The van der Waals surface area contributed by atoms with Gasteiger partial charge in [0.2, 0.25) is 17.6 Å². The highest BCUT2D eigenvalue weighted by Gasteiger charge is 2.11. The summed E-state index contributed by atoms with van der Waals surface area (Å²) in [6.45, 7) is 1.79. The lowest BCUT2D eigenvalue weighted by atomic mass is 10.1. The van der Waals surface area contributed by atoms with Crippen LogP contribution in [0.3, 0.4) is 0 Å². The van der Waals surface area contributed by atoms with Crippen molar-refractivity contribution in [2.24, 2.45) is 0 Å². The van der Waals surface area contributed by atoms with Gasteiger partial charge in [0.1, 0.15) is 0 Å². The quantitative estimate of drug-likeness (QED) is 0.707. The van der Waals surface area contributed by atoms with E-state index in [4.69, 9.17) is 21.2 Å². The zero-order chi connectivity index (χ0) is 18.2. The minimum atomic E-state index is -0.867. The molecule has 2 N–H and O–H groups in total. The van der Waals surface area contributed by atoms with Crippen LogP contribution in [0.25, 0.3) is 11.4 Å². The summed E-state index contributed by atoms with van der Waals surface area (Å²) >= 11 is 5.84. The SMILES string of the molecule is CC(CCC(=O)O)NC(=O)CCCc1nc(-c2ccc(Cl)cc2)no1. The number of amides is 1. The van der Waals surface area contributed by atoms with E-state index in [1.807, 2.05) is 12.1 Å². The third-order valence-electron chi connectivity index (χ3n) is 3.56. The molecule has 1 unspecified atom stereocenters. The minimum absolute atomic E-state index is 0.0386. The Labute approximate surface area is 150 Å². The van der Waals surface area contributed by atoms with Crippen LogP contribution in [0.2, 0.25) is 5.02 Å². The predicted octanol–water partition coefficient (Wildman–Crippen LogP) is 3.08. The zero-order valence-electron chi connectivity index (χ0n) is 13.9. The highest BCUT2D eigenvalue weighted by Crippen LogP contribution is 2.19. The number of nitrogens with zero attached hydrogens (tertiary/aromatic N) is 2. The van der Waals surface area contributed by atoms with E-state index in [0.717, 1.165) is 5.56 Å². The van der Waals surface area contributed by atoms with Crippen LogP contribution in [0, 0.1) is 0 Å². The summed E-state index contributed by atoms with van der Waals surface area (Å²) in [4.78, 5) is 26.6. The second kappa shape index (κ2) is 9.17. The molecule has 2 aromatic rings. The molecule has 0 bridgehead atoms. The molecule has 1 amide bonds. The Morgan fingerprint density at radius 3 is 2.68 bits per heavy atom. The molecule has 1 heterocycles. The van der Waals surface area contributed by atoms with E-state index < -0.39 is 5.97 Å². The monoisotopic (exact) mass is 365 g/mol. The number of aromatic nitrogens is 2. The Kier molecular flexibility index (Phi) is 6.94. The summed E-state index contributed by atoms with van der Waals surface area (Å²) in [7, 11) is 0. The number of carboxylic acids is 1. The van der Waals surface area contributed by atoms with Gasteiger partial charge < -0.3 is 14.9 Å². The highest BCUT2D eigenvalue weighted by molar-refractivity contribution is 6.30. The zero-order valence-corrected chi connectivity index (χ0v) is 14.6. The molecule has 134 valence electrons. The van der Waals surface area contributed by atoms with Crippen LogP contribution in [0.15, 0.2) is 28.8 Å². The summed E-state index contributed by atoms with van der Waals surface area (Å²) in [6.07, 6.45) is 1.83. The summed E-state index contributed by atoms with van der Waals surface area (Å²) in [5.41, 5.74) is 0.810. The van der Waals surface area contributed by atoms with Crippen molar-refractivity contribution in [2.75, 3.05) is 0 Å². The van der Waals surface area contributed by atoms with E-state index in [-0.39, 0.29) is 18.4 Å². The average molecular weight is 366 g/mol. The van der Waals surface area contributed by atoms with Gasteiger partial charge in [-0.2, -0.15) is 4.98 Å². The Morgan fingerprint density at radius 1 is 1.28 bits per heavy atom. The van der Waals surface area contributed by atoms with E-state index >= 15 is 0 Å². The second-order valence-corrected chi connectivity index (χ2v) is 6.21. The largest absolute Gasteiger partial charge is 0.481 e. The number of hydrogen-bond donors (Lipinski definition) is 2. The lowest BCUT2D eigenvalue weighted by molar-refractivity contribution is -0.137. The number of aliphatic carboxylic acids is 1. The van der Waals surface area contributed by atoms with Gasteiger partial charge in [-0.25, -0.2) is 0 Å². The minimum Gasteiger partial charge on any atom is -0.481 e. The Morgan fingerprint density at radius 2 is 2.00 bits per heavy atom. The standard InChI is InChI=1S/C17H20ClN3O4/c1-11(5-10-16(23)24)19-14(22)3-2-4-15-20-17(21-25-15)12-6-8-13(18)9-7-12/h6-9,11H,2-5,10H2,1H3,(H,19,22)(H,23,24). The van der Waals surface area contributed by atoms with Crippen LogP contribution < -0.4 is 5.32 Å². The summed E-state index contributed by atoms with van der Waals surface area (Å²) in [5, 5.41) is 15.9. The van der Waals surface area contributed by atoms with E-state index in [9.17, 15) is 9.59 Å². The molecule has 1 aromatic heterocycles. The van der Waals surface area contributed by atoms with Gasteiger partial charge in [-0.05, 0) is 44.0 Å². The van der Waals surface area contributed by atoms with Crippen molar-refractivity contribution in [1.82, 2.24) is 15.5 Å². The molecule has 0 aliphatic carbocycles. The van der Waals surface area contributed by atoms with Gasteiger partial charge in [0, 0.05) is 35.9 Å². The van der Waals surface area contributed by atoms with Crippen LogP contribution in [0.5, 0.6) is 0 Å². The van der Waals surface area contributed by atoms with Crippen molar-refractivity contribution in [3.63, 3.8) is 0 Å². The van der Waals surface area contributed by atoms with Gasteiger partial charge in [0.05, 0.1) is 0 Å². The number of aryl methyl sites for hydroxylation is 1. The van der Waals surface area contributed by atoms with Crippen LogP contribution in [0.4, 0.5) is 0 Å². The molecule has 0 saturated carbocycles. The first-order valence-electron chi connectivity index (χ1n) is 8.03. The van der Waals surface area contributed by atoms with Crippen LogP contribution in [-0.4, -0.2) is 33.2 Å². The first kappa shape index (κ1) is 18.9. The molecule has 0 fully saturated rings. The van der Waals surface area contributed by atoms with Crippen molar-refractivity contribution in [1.29, 1.82) is 0 Å². The second-order valence-electron chi connectivity index (χ2n) is 5.77. The lowest BCUT2D eigenvalue weighted by Crippen LogP contribution is -2.32. The fourth-order valence-corrected chi connectivity index (χ4v) is 2.36. The van der Waals surface area contributed by atoms with Crippen LogP contribution in [-0.2, 0) is 16.0 Å². The van der Waals surface area contributed by atoms with Crippen molar-refractivity contribution in [2.45, 2.75) is 45.1 Å². The molecule has 0 aliphatic heterocycles. The molecular weight excluding hydrogens is 346 g/mol. The number of benzene rings is 1. The Balaban J connectivity index is 1.74. The maximum atomic E-state index is 11.8. The smallest absolute Gasteiger partial charge is 0.303 e. The molecule has 0 spiro atoms. The molecular formula is C17H20ClN3O4. The molecule has 8 heteroatoms. The normalized spacial score (nSPS) is 11.9. The van der Waals surface area contributed by atoms with E-state index in [1.54, 1.807) is 19.1 Å². The van der Waals surface area contributed by atoms with Crippen molar-refractivity contribution in [3.05, 3.63) is 35.2 Å². The van der Waals surface area contributed by atoms with Crippen LogP contribution >= 0.6 is 11.6 Å². The molecule has 25 heavy (non-hydrogen) atoms. The summed E-state index contributed by atoms with van der Waals surface area (Å²) in [5.74, 6) is -0.0283. The number of nitrogens with one attached hydrogen (secondary N) is 1. The number of carbonyl (C=O) groups excluding carboxylic acids is 1. The number of hydrogen-bond acceptors (Lipinski definition) is 5. The van der Waals surface area contributed by atoms with Crippen molar-refractivity contribution < 1.29 is 19.2 Å². The van der Waals surface area contributed by atoms with Crippen molar-refractivity contribution >= 4 is 23.5 Å². The molecule has 2 rings (SSSR count). The number of carbonyl (C=O) groups is 2. The predicted molar refractivity (Wildman–Crippen MR) is 92.2 cm³/mol. The van der Waals surface area contributed by atoms with E-state index in [2.05, 4.69) is 15.5 Å². The Bertz CT molecular complexity index is 715. The van der Waals surface area contributed by atoms with Crippen LogP contribution in [0.1, 0.15) is 38.5 Å². The molecule has 0 saturated heterocycles. The average Bonchev–Trinajstić information content (AvgIpc) is 3.02. The van der Waals surface area contributed by atoms with Gasteiger partial charge in [-0.3, -0.25) is 9.59 Å². The molecule has 0 aliphatic rings. The molecule has 1 aromatic carbocycles. The third kappa shape index (κ3) is 6.54. The van der Waals surface area contributed by atoms with Gasteiger partial charge in [-0.1, -0.05) is 16.8 Å². The summed E-state index contributed by atoms with van der Waals surface area (Å²) in [6, 6.07) is 6.96. The fraction of sp³-hybridized carbons (Fsp3) is 0.412. The van der Waals surface area contributed by atoms with Crippen molar-refractivity contribution in [3.8, 4) is 11.4 Å². The number of halogens is 1. The van der Waals surface area contributed by atoms with Gasteiger partial charge in [0.25, 0.3) is 0 Å². The van der Waals surface area contributed by atoms with E-state index in [0.29, 0.717) is 42.4 Å². The molecule has 1 atom stereocenters. The van der Waals surface area contributed by atoms with E-state index in [1.165, 1.54) is 0 Å². The Hall–Kier alpha value is -2.41. The maximum absolute atomic E-state index is 11.8. The first-order chi connectivity index (χ1) is 11.9. The molecule has 0 radical (unpaired) electrons. The first-order valence-corrected chi connectivity index (χ1v) is 8.41. The summed E-state index contributed by atoms with van der Waals surface area (Å²) < 4.78 is 5.19. The maximum Gasteiger partial charge on any atom is 0.303 e. The topological polar surface area (TPSA) is 105 Å². The van der Waals surface area contributed by atoms with Gasteiger partial charge >= 0.3 is 5.97 Å². The third-order valence-corrected chi connectivity index (χ3v) is 3.82. The van der Waals surface area contributed by atoms with Gasteiger partial charge in [0.15, 0.2) is 0 Å². The number of rotatable bonds is 9. The number of carboxylic acid groups (broad SMARTS) is 1. The lowest BCUT2D eigenvalue weighted by Gasteiger charge is -2.12. The van der Waals surface area contributed by atoms with Gasteiger partial charge in [-0.15, -0.1) is 0 Å². The fourth-order valence-electron chi connectivity index (χ4n) is 2.23. The highest BCUT2D eigenvalue weighted by atomic mass is 35.5. The molecule has 7 nitrogen and oxygen atoms in total.